The molecule has 196 valence electrons. The molecule has 0 bridgehead atoms. The minimum atomic E-state index is -4.44. The molecular formula is C25H18F3N9O2. The standard InChI is InChI=1S/C25H18F3N9O2/c26-25(27,28)17-3-1-2-15(10-17)16-4-5-18-19(11-16)33-24(32-18)34-23(38)20-12-37-21(31-20)6-7-22(35-37)39-9-8-36-14-29-13-30-36/h1-7,10-14H,8-9H2,(H2,32,33,34,38). The number of nitrogens with zero attached hydrogens (tertiary/aromatic N) is 7. The van der Waals surface area contributed by atoms with Crippen LogP contribution in [0.25, 0.3) is 27.8 Å². The molecule has 0 fully saturated rings. The quantitative estimate of drug-likeness (QED) is 0.315. The molecule has 2 aromatic carbocycles. The highest BCUT2D eigenvalue weighted by molar-refractivity contribution is 6.03. The van der Waals surface area contributed by atoms with Crippen LogP contribution in [0.5, 0.6) is 5.88 Å². The summed E-state index contributed by atoms with van der Waals surface area (Å²) in [6.07, 6.45) is 0.0409. The molecule has 0 saturated carbocycles. The first-order chi connectivity index (χ1) is 18.8. The van der Waals surface area contributed by atoms with Gasteiger partial charge in [-0.25, -0.2) is 24.1 Å². The van der Waals surface area contributed by atoms with E-state index in [1.54, 1.807) is 47.4 Å². The molecule has 6 rings (SSSR count). The summed E-state index contributed by atoms with van der Waals surface area (Å²) in [6, 6.07) is 13.4. The Morgan fingerprint density at radius 3 is 2.74 bits per heavy atom. The van der Waals surface area contributed by atoms with E-state index < -0.39 is 17.6 Å². The number of hydrogen-bond donors (Lipinski definition) is 2. The SMILES string of the molecule is O=C(Nc1nc2ccc(-c3cccc(C(F)(F)F)c3)cc2[nH]1)c1cn2nc(OCCn3cncn3)ccc2n1. The number of aromatic amines is 1. The zero-order valence-corrected chi connectivity index (χ0v) is 19.9. The Morgan fingerprint density at radius 1 is 1.05 bits per heavy atom. The molecule has 6 aromatic rings. The van der Waals surface area contributed by atoms with E-state index in [9.17, 15) is 18.0 Å². The Morgan fingerprint density at radius 2 is 1.92 bits per heavy atom. The fourth-order valence-corrected chi connectivity index (χ4v) is 3.94. The van der Waals surface area contributed by atoms with Gasteiger partial charge in [0.05, 0.1) is 29.3 Å². The molecule has 0 aliphatic heterocycles. The Balaban J connectivity index is 1.16. The molecule has 4 aromatic heterocycles. The van der Waals surface area contributed by atoms with Crippen LogP contribution in [0.1, 0.15) is 16.1 Å². The van der Waals surface area contributed by atoms with Crippen LogP contribution in [0, 0.1) is 0 Å². The van der Waals surface area contributed by atoms with Gasteiger partial charge in [0.15, 0.2) is 5.65 Å². The maximum Gasteiger partial charge on any atom is 0.416 e. The Labute approximate surface area is 217 Å². The minimum absolute atomic E-state index is 0.104. The maximum atomic E-state index is 13.1. The van der Waals surface area contributed by atoms with Crippen LogP contribution in [-0.2, 0) is 12.7 Å². The Hall–Kier alpha value is -5.27. The number of anilines is 1. The van der Waals surface area contributed by atoms with E-state index in [2.05, 4.69) is 35.5 Å². The van der Waals surface area contributed by atoms with Gasteiger partial charge in [-0.2, -0.15) is 18.3 Å². The van der Waals surface area contributed by atoms with Gasteiger partial charge in [-0.15, -0.1) is 5.10 Å². The summed E-state index contributed by atoms with van der Waals surface area (Å²) in [5.41, 5.74) is 1.87. The topological polar surface area (TPSA) is 128 Å². The lowest BCUT2D eigenvalue weighted by atomic mass is 10.0. The first-order valence-electron chi connectivity index (χ1n) is 11.6. The fraction of sp³-hybridized carbons (Fsp3) is 0.120. The number of amides is 1. The van der Waals surface area contributed by atoms with Gasteiger partial charge >= 0.3 is 6.18 Å². The van der Waals surface area contributed by atoms with Crippen LogP contribution in [-0.4, -0.2) is 51.8 Å². The third-order valence-corrected chi connectivity index (χ3v) is 5.80. The average molecular weight is 533 g/mol. The molecule has 0 spiro atoms. The molecule has 1 amide bonds. The zero-order valence-electron chi connectivity index (χ0n) is 19.9. The number of aromatic nitrogens is 8. The number of ether oxygens (including phenoxy) is 1. The number of H-pyrrole nitrogens is 1. The van der Waals surface area contributed by atoms with Crippen LogP contribution in [0.3, 0.4) is 0 Å². The predicted octanol–water partition coefficient (Wildman–Crippen LogP) is 4.21. The van der Waals surface area contributed by atoms with Crippen molar-refractivity contribution >= 4 is 28.5 Å². The molecule has 0 atom stereocenters. The second-order valence-electron chi connectivity index (χ2n) is 8.46. The van der Waals surface area contributed by atoms with E-state index in [0.717, 1.165) is 12.1 Å². The van der Waals surface area contributed by atoms with Crippen LogP contribution < -0.4 is 10.1 Å². The predicted molar refractivity (Wildman–Crippen MR) is 133 cm³/mol. The summed E-state index contributed by atoms with van der Waals surface area (Å²) in [5.74, 6) is -0.00881. The van der Waals surface area contributed by atoms with Crippen LogP contribution in [0.2, 0.25) is 0 Å². The second kappa shape index (κ2) is 9.55. The van der Waals surface area contributed by atoms with Crippen molar-refractivity contribution in [1.82, 2.24) is 39.3 Å². The van der Waals surface area contributed by atoms with Gasteiger partial charge in [-0.05, 0) is 41.5 Å². The van der Waals surface area contributed by atoms with E-state index in [1.165, 1.54) is 23.1 Å². The van der Waals surface area contributed by atoms with Crippen molar-refractivity contribution in [3.8, 4) is 17.0 Å². The number of carbonyl (C=O) groups excluding carboxylic acids is 1. The van der Waals surface area contributed by atoms with Crippen molar-refractivity contribution in [2.24, 2.45) is 0 Å². The molecule has 0 saturated heterocycles. The number of benzene rings is 2. The third-order valence-electron chi connectivity index (χ3n) is 5.80. The number of hydrogen-bond acceptors (Lipinski definition) is 7. The summed E-state index contributed by atoms with van der Waals surface area (Å²) in [7, 11) is 0. The summed E-state index contributed by atoms with van der Waals surface area (Å²) in [4.78, 5) is 28.3. The van der Waals surface area contributed by atoms with Gasteiger partial charge in [0.1, 0.15) is 25.0 Å². The highest BCUT2D eigenvalue weighted by Crippen LogP contribution is 2.33. The number of halogens is 3. The largest absolute Gasteiger partial charge is 0.475 e. The van der Waals surface area contributed by atoms with Gasteiger partial charge in [-0.1, -0.05) is 18.2 Å². The van der Waals surface area contributed by atoms with Crippen molar-refractivity contribution in [2.75, 3.05) is 11.9 Å². The number of carbonyl (C=O) groups is 1. The van der Waals surface area contributed by atoms with Crippen LogP contribution >= 0.6 is 0 Å². The van der Waals surface area contributed by atoms with Gasteiger partial charge < -0.3 is 9.72 Å². The van der Waals surface area contributed by atoms with Gasteiger partial charge in [-0.3, -0.25) is 10.1 Å². The minimum Gasteiger partial charge on any atom is -0.475 e. The number of alkyl halides is 3. The smallest absolute Gasteiger partial charge is 0.416 e. The number of rotatable bonds is 7. The van der Waals surface area contributed by atoms with E-state index in [0.29, 0.717) is 46.8 Å². The van der Waals surface area contributed by atoms with Gasteiger partial charge in [0.25, 0.3) is 5.91 Å². The van der Waals surface area contributed by atoms with E-state index in [-0.39, 0.29) is 11.6 Å². The van der Waals surface area contributed by atoms with Crippen LogP contribution in [0.15, 0.2) is 73.4 Å². The molecule has 11 nitrogen and oxygen atoms in total. The zero-order chi connectivity index (χ0) is 27.0. The summed E-state index contributed by atoms with van der Waals surface area (Å²) in [6.45, 7) is 0.821. The van der Waals surface area contributed by atoms with Gasteiger partial charge in [0, 0.05) is 6.07 Å². The van der Waals surface area contributed by atoms with Crippen molar-refractivity contribution in [3.05, 3.63) is 84.7 Å². The van der Waals surface area contributed by atoms with E-state index in [4.69, 9.17) is 4.74 Å². The average Bonchev–Trinajstić information content (AvgIpc) is 3.67. The number of fused-ring (bicyclic) bond motifs is 2. The first kappa shape index (κ1) is 24.1. The first-order valence-corrected chi connectivity index (χ1v) is 11.6. The summed E-state index contributed by atoms with van der Waals surface area (Å²) < 4.78 is 48.0. The molecule has 0 unspecified atom stereocenters. The van der Waals surface area contributed by atoms with Gasteiger partial charge in [0.2, 0.25) is 11.8 Å². The number of nitrogens with one attached hydrogen (secondary N) is 2. The summed E-state index contributed by atoms with van der Waals surface area (Å²) in [5, 5.41) is 11.0. The molecule has 14 heteroatoms. The summed E-state index contributed by atoms with van der Waals surface area (Å²) >= 11 is 0. The van der Waals surface area contributed by atoms with E-state index >= 15 is 0 Å². The third kappa shape index (κ3) is 5.12. The lowest BCUT2D eigenvalue weighted by molar-refractivity contribution is -0.137. The molecule has 4 heterocycles. The Bertz CT molecular complexity index is 1790. The Kier molecular flexibility index (Phi) is 5.90. The van der Waals surface area contributed by atoms with Crippen LogP contribution in [0.4, 0.5) is 19.1 Å². The molecule has 2 N–H and O–H groups in total. The molecule has 0 aliphatic rings. The van der Waals surface area contributed by atoms with E-state index in [1.807, 2.05) is 0 Å². The molecule has 39 heavy (non-hydrogen) atoms. The maximum absolute atomic E-state index is 13.1. The second-order valence-corrected chi connectivity index (χ2v) is 8.46. The lowest BCUT2D eigenvalue weighted by Crippen LogP contribution is -2.13. The normalized spacial score (nSPS) is 11.8. The number of imidazole rings is 2. The van der Waals surface area contributed by atoms with Crippen molar-refractivity contribution in [1.29, 1.82) is 0 Å². The molecular weight excluding hydrogens is 515 g/mol. The van der Waals surface area contributed by atoms with Crippen molar-refractivity contribution in [2.45, 2.75) is 12.7 Å². The van der Waals surface area contributed by atoms with Crippen molar-refractivity contribution < 1.29 is 22.7 Å². The fourth-order valence-electron chi connectivity index (χ4n) is 3.94. The monoisotopic (exact) mass is 533 g/mol. The molecule has 0 aliphatic carbocycles. The van der Waals surface area contributed by atoms with Crippen molar-refractivity contribution in [3.63, 3.8) is 0 Å². The molecule has 0 radical (unpaired) electrons. The highest BCUT2D eigenvalue weighted by Gasteiger charge is 2.30. The lowest BCUT2D eigenvalue weighted by Gasteiger charge is -2.08. The highest BCUT2D eigenvalue weighted by atomic mass is 19.4.